The normalized spacial score (nSPS) is 18.4. The van der Waals surface area contributed by atoms with Crippen LogP contribution in [0.4, 0.5) is 0 Å². The van der Waals surface area contributed by atoms with E-state index in [-0.39, 0.29) is 11.0 Å². The number of amides is 1. The fourth-order valence-electron chi connectivity index (χ4n) is 3.28. The van der Waals surface area contributed by atoms with Crippen LogP contribution in [0.1, 0.15) is 39.5 Å². The van der Waals surface area contributed by atoms with Gasteiger partial charge < -0.3 is 0 Å². The summed E-state index contributed by atoms with van der Waals surface area (Å²) < 4.78 is 5.98. The molecular formula is C21H26N4O3S. The Morgan fingerprint density at radius 3 is 2.55 bits per heavy atom. The minimum absolute atomic E-state index is 0.0511. The first-order valence-corrected chi connectivity index (χ1v) is 10.6. The molecule has 0 spiro atoms. The van der Waals surface area contributed by atoms with Crippen LogP contribution in [0.5, 0.6) is 0 Å². The highest BCUT2D eigenvalue weighted by molar-refractivity contribution is 7.97. The summed E-state index contributed by atoms with van der Waals surface area (Å²) in [5.41, 5.74) is -0.200. The Morgan fingerprint density at radius 1 is 1.28 bits per heavy atom. The van der Waals surface area contributed by atoms with Crippen LogP contribution < -0.4 is 21.0 Å². The number of hydrogen-bond acceptors (Lipinski definition) is 5. The van der Waals surface area contributed by atoms with E-state index in [9.17, 15) is 14.4 Å². The van der Waals surface area contributed by atoms with Crippen molar-refractivity contribution in [1.82, 2.24) is 14.0 Å². The molecule has 2 aliphatic rings. The predicted octanol–water partition coefficient (Wildman–Crippen LogP) is 2.39. The average Bonchev–Trinajstić information content (AvgIpc) is 3.62. The predicted molar refractivity (Wildman–Crippen MR) is 116 cm³/mol. The molecule has 1 amide bonds. The summed E-state index contributed by atoms with van der Waals surface area (Å²) in [7, 11) is 1.41. The minimum atomic E-state index is -0.512. The van der Waals surface area contributed by atoms with Crippen LogP contribution in [-0.2, 0) is 11.3 Å². The van der Waals surface area contributed by atoms with E-state index in [0.717, 1.165) is 46.3 Å². The van der Waals surface area contributed by atoms with Crippen molar-refractivity contribution in [3.05, 3.63) is 51.7 Å². The van der Waals surface area contributed by atoms with Gasteiger partial charge in [-0.05, 0) is 74.2 Å². The number of carbonyl (C=O) groups excluding carboxylic acids is 1. The largest absolute Gasteiger partial charge is 0.351 e. The maximum absolute atomic E-state index is 13.2. The number of nitrogens with one attached hydrogen (secondary N) is 1. The maximum atomic E-state index is 13.2. The van der Waals surface area contributed by atoms with E-state index < -0.39 is 17.2 Å². The second kappa shape index (κ2) is 6.88. The zero-order chi connectivity index (χ0) is 21.0. The van der Waals surface area contributed by atoms with E-state index in [0.29, 0.717) is 17.4 Å². The van der Waals surface area contributed by atoms with Gasteiger partial charge in [0.25, 0.3) is 11.5 Å². The molecule has 1 aromatic carbocycles. The smallest absolute Gasteiger partial charge is 0.291 e. The number of aromatic nitrogens is 2. The van der Waals surface area contributed by atoms with E-state index in [2.05, 4.69) is 25.1 Å². The highest BCUT2D eigenvalue weighted by atomic mass is 32.2. The molecule has 2 saturated carbocycles. The second-order valence-electron chi connectivity index (χ2n) is 8.81. The van der Waals surface area contributed by atoms with E-state index in [1.54, 1.807) is 10.6 Å². The molecule has 0 saturated heterocycles. The van der Waals surface area contributed by atoms with Crippen LogP contribution in [-0.4, -0.2) is 27.7 Å². The molecule has 2 aromatic rings. The van der Waals surface area contributed by atoms with Crippen molar-refractivity contribution >= 4 is 28.8 Å². The number of likely N-dealkylation sites (N-methyl/N-ethyl adjacent to an activating group) is 1. The van der Waals surface area contributed by atoms with Crippen molar-refractivity contribution in [2.75, 3.05) is 12.1 Å². The first kappa shape index (κ1) is 20.0. The Hall–Kier alpha value is -2.32. The lowest BCUT2D eigenvalue weighted by molar-refractivity contribution is -0.115. The standard InChI is InChI=1S/C21H26N4O3S/c1-5-17(26)23(4)25-18(27)15-12-14(29-22-21(3)10-11-21)6-7-16(15)24(19(25)28)13-20(2)8-9-20/h5-7,12,22H,1,8-11,13H2,2-4H3. The molecule has 1 heterocycles. The Balaban J connectivity index is 1.86. The van der Waals surface area contributed by atoms with E-state index in [1.807, 2.05) is 12.1 Å². The summed E-state index contributed by atoms with van der Waals surface area (Å²) in [6.45, 7) is 8.27. The topological polar surface area (TPSA) is 76.3 Å². The van der Waals surface area contributed by atoms with Crippen LogP contribution >= 0.6 is 11.9 Å². The van der Waals surface area contributed by atoms with Gasteiger partial charge >= 0.3 is 5.69 Å². The van der Waals surface area contributed by atoms with Crippen molar-refractivity contribution in [2.45, 2.75) is 56.5 Å². The molecule has 7 nitrogen and oxygen atoms in total. The molecule has 2 aliphatic carbocycles. The zero-order valence-corrected chi connectivity index (χ0v) is 17.8. The number of hydrogen-bond donors (Lipinski definition) is 1. The molecular weight excluding hydrogens is 388 g/mol. The summed E-state index contributed by atoms with van der Waals surface area (Å²) >= 11 is 1.49. The molecule has 1 N–H and O–H groups in total. The monoisotopic (exact) mass is 414 g/mol. The fraction of sp³-hybridized carbons (Fsp3) is 0.476. The molecule has 8 heteroatoms. The van der Waals surface area contributed by atoms with Crippen molar-refractivity contribution in [3.8, 4) is 0 Å². The Bertz CT molecular complexity index is 1130. The molecule has 1 aromatic heterocycles. The van der Waals surface area contributed by atoms with Crippen LogP contribution in [0, 0.1) is 5.41 Å². The highest BCUT2D eigenvalue weighted by Crippen LogP contribution is 2.46. The van der Waals surface area contributed by atoms with E-state index in [4.69, 9.17) is 0 Å². The van der Waals surface area contributed by atoms with Crippen LogP contribution in [0.2, 0.25) is 0 Å². The quantitative estimate of drug-likeness (QED) is 0.556. The van der Waals surface area contributed by atoms with Gasteiger partial charge in [-0.3, -0.25) is 18.9 Å². The third kappa shape index (κ3) is 3.79. The zero-order valence-electron chi connectivity index (χ0n) is 17.0. The van der Waals surface area contributed by atoms with Crippen molar-refractivity contribution < 1.29 is 4.79 Å². The van der Waals surface area contributed by atoms with Crippen LogP contribution in [0.3, 0.4) is 0 Å². The molecule has 29 heavy (non-hydrogen) atoms. The van der Waals surface area contributed by atoms with Crippen molar-refractivity contribution in [3.63, 3.8) is 0 Å². The number of rotatable bonds is 7. The summed E-state index contributed by atoms with van der Waals surface area (Å²) in [4.78, 5) is 39.4. The minimum Gasteiger partial charge on any atom is -0.291 e. The third-order valence-electron chi connectivity index (χ3n) is 5.95. The van der Waals surface area contributed by atoms with Gasteiger partial charge in [0.15, 0.2) is 0 Å². The summed E-state index contributed by atoms with van der Waals surface area (Å²) in [6, 6.07) is 5.57. The third-order valence-corrected chi connectivity index (χ3v) is 7.03. The summed E-state index contributed by atoms with van der Waals surface area (Å²) in [6.07, 6.45) is 5.44. The number of benzene rings is 1. The maximum Gasteiger partial charge on any atom is 0.351 e. The molecule has 0 aliphatic heterocycles. The first-order valence-electron chi connectivity index (χ1n) is 9.80. The lowest BCUT2D eigenvalue weighted by Crippen LogP contribution is -2.53. The molecule has 2 fully saturated rings. The lowest BCUT2D eigenvalue weighted by Gasteiger charge is -2.22. The van der Waals surface area contributed by atoms with Gasteiger partial charge in [-0.2, -0.15) is 4.68 Å². The highest BCUT2D eigenvalue weighted by Gasteiger charge is 2.39. The molecule has 0 radical (unpaired) electrons. The van der Waals surface area contributed by atoms with Gasteiger partial charge in [0.1, 0.15) is 0 Å². The molecule has 154 valence electrons. The molecule has 0 atom stereocenters. The summed E-state index contributed by atoms with van der Waals surface area (Å²) in [5.74, 6) is -0.512. The molecule has 4 rings (SSSR count). The second-order valence-corrected chi connectivity index (χ2v) is 9.69. The Labute approximate surface area is 173 Å². The number of fused-ring (bicyclic) bond motifs is 1. The van der Waals surface area contributed by atoms with Gasteiger partial charge in [-0.1, -0.05) is 13.5 Å². The van der Waals surface area contributed by atoms with E-state index in [1.165, 1.54) is 19.0 Å². The SMILES string of the molecule is C=CC(=O)N(C)n1c(=O)c2cc(SNC3(C)CC3)ccc2n(CC2(C)CC2)c1=O. The molecule has 0 unspecified atom stereocenters. The lowest BCUT2D eigenvalue weighted by atomic mass is 10.1. The average molecular weight is 415 g/mol. The Morgan fingerprint density at radius 2 is 1.97 bits per heavy atom. The van der Waals surface area contributed by atoms with Crippen LogP contribution in [0.25, 0.3) is 10.9 Å². The van der Waals surface area contributed by atoms with Gasteiger partial charge in [0.2, 0.25) is 0 Å². The van der Waals surface area contributed by atoms with Crippen molar-refractivity contribution in [1.29, 1.82) is 0 Å². The van der Waals surface area contributed by atoms with Gasteiger partial charge in [-0.25, -0.2) is 9.80 Å². The molecule has 0 bridgehead atoms. The Kier molecular flexibility index (Phi) is 4.74. The number of carbonyl (C=O) groups is 1. The van der Waals surface area contributed by atoms with E-state index >= 15 is 0 Å². The number of nitrogens with zero attached hydrogens (tertiary/aromatic N) is 3. The first-order chi connectivity index (χ1) is 13.7. The van der Waals surface area contributed by atoms with Crippen LogP contribution in [0.15, 0.2) is 45.3 Å². The van der Waals surface area contributed by atoms with Gasteiger partial charge in [0, 0.05) is 24.0 Å². The van der Waals surface area contributed by atoms with Crippen molar-refractivity contribution in [2.24, 2.45) is 5.41 Å². The summed E-state index contributed by atoms with van der Waals surface area (Å²) in [5, 5.41) is 1.46. The van der Waals surface area contributed by atoms with Gasteiger partial charge in [-0.15, -0.1) is 0 Å². The van der Waals surface area contributed by atoms with Gasteiger partial charge in [0.05, 0.1) is 10.9 Å². The fourth-order valence-corrected chi connectivity index (χ4v) is 4.16.